The van der Waals surface area contributed by atoms with Gasteiger partial charge in [-0.1, -0.05) is 11.6 Å². The van der Waals surface area contributed by atoms with Crippen LogP contribution in [0.2, 0.25) is 5.02 Å². The molecule has 88 valence electrons. The number of carbonyl (C=O) groups is 1. The summed E-state index contributed by atoms with van der Waals surface area (Å²) in [5, 5.41) is 0.184. The summed E-state index contributed by atoms with van der Waals surface area (Å²) >= 11 is 5.72. The topological polar surface area (TPSA) is 35.5 Å². The third-order valence-corrected chi connectivity index (χ3v) is 2.06. The van der Waals surface area contributed by atoms with Crippen molar-refractivity contribution >= 4 is 17.6 Å². The van der Waals surface area contributed by atoms with Crippen LogP contribution in [0.4, 0.5) is 4.39 Å². The fourth-order valence-electron chi connectivity index (χ4n) is 1.07. The predicted molar refractivity (Wildman–Crippen MR) is 58.2 cm³/mol. The minimum absolute atomic E-state index is 0.140. The van der Waals surface area contributed by atoms with E-state index in [9.17, 15) is 9.18 Å². The fraction of sp³-hybridized carbons (Fsp3) is 0.364. The van der Waals surface area contributed by atoms with Gasteiger partial charge in [0.05, 0.1) is 24.7 Å². The van der Waals surface area contributed by atoms with Gasteiger partial charge in [-0.3, -0.25) is 4.79 Å². The summed E-state index contributed by atoms with van der Waals surface area (Å²) in [5.41, 5.74) is 0. The quantitative estimate of drug-likeness (QED) is 0.750. The normalized spacial score (nSPS) is 9.94. The molecule has 0 spiro atoms. The van der Waals surface area contributed by atoms with E-state index in [1.165, 1.54) is 12.1 Å². The Bertz CT molecular complexity index is 368. The number of halogens is 2. The summed E-state index contributed by atoms with van der Waals surface area (Å²) < 4.78 is 22.6. The monoisotopic (exact) mass is 246 g/mol. The maximum Gasteiger partial charge on any atom is 0.309 e. The Morgan fingerprint density at radius 1 is 1.50 bits per heavy atom. The van der Waals surface area contributed by atoms with E-state index in [1.54, 1.807) is 6.92 Å². The van der Waals surface area contributed by atoms with Crippen LogP contribution in [0.15, 0.2) is 18.2 Å². The average Bonchev–Trinajstić information content (AvgIpc) is 2.22. The standard InChI is InChI=1S/C11H12ClFO3/c1-2-15-11(14)5-6-16-10-4-3-8(13)7-9(10)12/h3-4,7H,2,5-6H2,1H3. The van der Waals surface area contributed by atoms with Gasteiger partial charge in [-0.25, -0.2) is 4.39 Å². The highest BCUT2D eigenvalue weighted by molar-refractivity contribution is 6.32. The molecule has 3 nitrogen and oxygen atoms in total. The fourth-order valence-corrected chi connectivity index (χ4v) is 1.29. The Hall–Kier alpha value is -1.29. The number of rotatable bonds is 5. The summed E-state index contributed by atoms with van der Waals surface area (Å²) in [7, 11) is 0. The molecule has 0 saturated carbocycles. The van der Waals surface area contributed by atoms with Gasteiger partial charge in [-0.2, -0.15) is 0 Å². The molecule has 1 aromatic rings. The van der Waals surface area contributed by atoms with Crippen LogP contribution in [-0.4, -0.2) is 19.2 Å². The van der Waals surface area contributed by atoms with Gasteiger partial charge < -0.3 is 9.47 Å². The molecule has 0 aliphatic rings. The van der Waals surface area contributed by atoms with Gasteiger partial charge in [-0.05, 0) is 25.1 Å². The molecule has 0 bridgehead atoms. The van der Waals surface area contributed by atoms with Crippen LogP contribution < -0.4 is 4.74 Å². The third-order valence-electron chi connectivity index (χ3n) is 1.76. The lowest BCUT2D eigenvalue weighted by Crippen LogP contribution is -2.09. The second-order valence-corrected chi connectivity index (χ2v) is 3.39. The summed E-state index contributed by atoms with van der Waals surface area (Å²) in [6.07, 6.45) is 0.140. The third kappa shape index (κ3) is 4.06. The maximum absolute atomic E-state index is 12.7. The molecule has 0 atom stereocenters. The van der Waals surface area contributed by atoms with Crippen molar-refractivity contribution in [1.29, 1.82) is 0 Å². The molecular weight excluding hydrogens is 235 g/mol. The van der Waals surface area contributed by atoms with Gasteiger partial charge in [0, 0.05) is 0 Å². The first-order valence-electron chi connectivity index (χ1n) is 4.87. The van der Waals surface area contributed by atoms with Crippen molar-refractivity contribution in [1.82, 2.24) is 0 Å². The molecule has 1 rings (SSSR count). The molecule has 5 heteroatoms. The van der Waals surface area contributed by atoms with Crippen molar-refractivity contribution in [3.05, 3.63) is 29.0 Å². The largest absolute Gasteiger partial charge is 0.491 e. The van der Waals surface area contributed by atoms with E-state index in [4.69, 9.17) is 21.1 Å². The van der Waals surface area contributed by atoms with Crippen LogP contribution in [0.5, 0.6) is 5.75 Å². The first-order valence-corrected chi connectivity index (χ1v) is 5.24. The molecule has 16 heavy (non-hydrogen) atoms. The van der Waals surface area contributed by atoms with Crippen molar-refractivity contribution in [3.63, 3.8) is 0 Å². The van der Waals surface area contributed by atoms with Gasteiger partial charge in [0.2, 0.25) is 0 Å². The highest BCUT2D eigenvalue weighted by Gasteiger charge is 2.05. The van der Waals surface area contributed by atoms with Gasteiger partial charge >= 0.3 is 5.97 Å². The number of hydrogen-bond acceptors (Lipinski definition) is 3. The van der Waals surface area contributed by atoms with Crippen LogP contribution in [-0.2, 0) is 9.53 Å². The van der Waals surface area contributed by atoms with Gasteiger partial charge in [-0.15, -0.1) is 0 Å². The molecule has 0 aromatic heterocycles. The van der Waals surface area contributed by atoms with E-state index in [2.05, 4.69) is 0 Å². The zero-order valence-corrected chi connectivity index (χ0v) is 9.59. The second-order valence-electron chi connectivity index (χ2n) is 2.98. The predicted octanol–water partition coefficient (Wildman–Crippen LogP) is 2.81. The molecule has 0 amide bonds. The molecule has 0 heterocycles. The van der Waals surface area contributed by atoms with Crippen molar-refractivity contribution in [2.24, 2.45) is 0 Å². The molecule has 0 unspecified atom stereocenters. The summed E-state index contributed by atoms with van der Waals surface area (Å²) in [4.78, 5) is 11.0. The number of carbonyl (C=O) groups excluding carboxylic acids is 1. The SMILES string of the molecule is CCOC(=O)CCOc1ccc(F)cc1Cl. The second kappa shape index (κ2) is 6.33. The van der Waals surface area contributed by atoms with Crippen molar-refractivity contribution in [3.8, 4) is 5.75 Å². The number of hydrogen-bond donors (Lipinski definition) is 0. The Morgan fingerprint density at radius 3 is 2.88 bits per heavy atom. The lowest BCUT2D eigenvalue weighted by Gasteiger charge is -2.07. The van der Waals surface area contributed by atoms with Gasteiger partial charge in [0.15, 0.2) is 0 Å². The van der Waals surface area contributed by atoms with E-state index in [0.29, 0.717) is 12.4 Å². The average molecular weight is 247 g/mol. The van der Waals surface area contributed by atoms with Crippen LogP contribution in [0.25, 0.3) is 0 Å². The van der Waals surface area contributed by atoms with Crippen molar-refractivity contribution in [2.45, 2.75) is 13.3 Å². The van der Waals surface area contributed by atoms with Crippen LogP contribution >= 0.6 is 11.6 Å². The van der Waals surface area contributed by atoms with E-state index in [1.807, 2.05) is 0 Å². The Labute approximate surface area is 98.1 Å². The van der Waals surface area contributed by atoms with Gasteiger partial charge in [0.25, 0.3) is 0 Å². The molecule has 1 aromatic carbocycles. The summed E-state index contributed by atoms with van der Waals surface area (Å²) in [6, 6.07) is 3.82. The molecule has 0 radical (unpaired) electrons. The molecule has 0 aliphatic heterocycles. The molecule has 0 N–H and O–H groups in total. The van der Waals surface area contributed by atoms with Crippen molar-refractivity contribution in [2.75, 3.05) is 13.2 Å². The first kappa shape index (κ1) is 12.8. The zero-order valence-electron chi connectivity index (χ0n) is 8.83. The first-order chi connectivity index (χ1) is 7.63. The zero-order chi connectivity index (χ0) is 12.0. The van der Waals surface area contributed by atoms with E-state index in [0.717, 1.165) is 6.07 Å². The van der Waals surface area contributed by atoms with Crippen LogP contribution in [0, 0.1) is 5.82 Å². The lowest BCUT2D eigenvalue weighted by molar-refractivity contribution is -0.143. The van der Waals surface area contributed by atoms with E-state index < -0.39 is 5.82 Å². The highest BCUT2D eigenvalue weighted by atomic mass is 35.5. The van der Waals surface area contributed by atoms with E-state index in [-0.39, 0.29) is 24.0 Å². The molecule has 0 aliphatic carbocycles. The molecule has 0 fully saturated rings. The lowest BCUT2D eigenvalue weighted by atomic mass is 10.3. The Balaban J connectivity index is 2.40. The summed E-state index contributed by atoms with van der Waals surface area (Å²) in [5.74, 6) is -0.407. The molecular formula is C11H12ClFO3. The summed E-state index contributed by atoms with van der Waals surface area (Å²) in [6.45, 7) is 2.23. The van der Waals surface area contributed by atoms with Crippen LogP contribution in [0.3, 0.4) is 0 Å². The van der Waals surface area contributed by atoms with E-state index >= 15 is 0 Å². The highest BCUT2D eigenvalue weighted by Crippen LogP contribution is 2.24. The maximum atomic E-state index is 12.7. The Kier molecular flexibility index (Phi) is 5.05. The smallest absolute Gasteiger partial charge is 0.309 e. The minimum atomic E-state index is -0.428. The minimum Gasteiger partial charge on any atom is -0.491 e. The number of esters is 1. The number of benzene rings is 1. The van der Waals surface area contributed by atoms with Crippen LogP contribution in [0.1, 0.15) is 13.3 Å². The van der Waals surface area contributed by atoms with Crippen molar-refractivity contribution < 1.29 is 18.7 Å². The Morgan fingerprint density at radius 2 is 2.25 bits per heavy atom. The number of ether oxygens (including phenoxy) is 2. The van der Waals surface area contributed by atoms with Gasteiger partial charge in [0.1, 0.15) is 11.6 Å². The molecule has 0 saturated heterocycles.